The number of hydrazine groups is 1. The third-order valence-corrected chi connectivity index (χ3v) is 4.74. The van der Waals surface area contributed by atoms with Crippen LogP contribution < -0.4 is 16.1 Å². The normalized spacial score (nSPS) is 15.1. The molecule has 0 aliphatic carbocycles. The summed E-state index contributed by atoms with van der Waals surface area (Å²) in [7, 11) is 0. The molecule has 0 aromatic heterocycles. The summed E-state index contributed by atoms with van der Waals surface area (Å²) < 4.78 is 5.79. The fourth-order valence-corrected chi connectivity index (χ4v) is 3.12. The number of nitrogens with one attached hydrogen (secondary N) is 1. The Morgan fingerprint density at radius 3 is 2.69 bits per heavy atom. The molecule has 0 spiro atoms. The molecule has 3 amide bonds. The molecule has 0 radical (unpaired) electrons. The van der Waals surface area contributed by atoms with Crippen molar-refractivity contribution in [3.8, 4) is 0 Å². The van der Waals surface area contributed by atoms with Gasteiger partial charge in [-0.25, -0.2) is 10.2 Å². The van der Waals surface area contributed by atoms with Gasteiger partial charge in [-0.05, 0) is 23.8 Å². The van der Waals surface area contributed by atoms with Gasteiger partial charge in [-0.3, -0.25) is 19.7 Å². The molecule has 3 rings (SSSR count). The number of hydrogen-bond donors (Lipinski definition) is 2. The maximum absolute atomic E-state index is 11.9. The van der Waals surface area contributed by atoms with E-state index in [2.05, 4.69) is 10.4 Å². The van der Waals surface area contributed by atoms with Crippen molar-refractivity contribution in [2.45, 2.75) is 19.7 Å². The standard InChI is InChI=1S/C20H22ClN5O3/c1-14(27)25(24-12-15-6-2-3-7-16(15)21)10-11-29-19-13-23-17-8-4-5-9-18(17)26(19)20(22)28/h2-9,13,19,24H,10-12H2,1H3,(H2,22,28). The summed E-state index contributed by atoms with van der Waals surface area (Å²) in [4.78, 5) is 29.5. The van der Waals surface area contributed by atoms with Gasteiger partial charge in [0.25, 0.3) is 0 Å². The number of nitrogens with zero attached hydrogens (tertiary/aromatic N) is 3. The Morgan fingerprint density at radius 2 is 1.97 bits per heavy atom. The molecular formula is C20H22ClN5O3. The Morgan fingerprint density at radius 1 is 1.24 bits per heavy atom. The van der Waals surface area contributed by atoms with Gasteiger partial charge >= 0.3 is 6.03 Å². The number of aliphatic imine (C=N–C) groups is 1. The number of carbonyl (C=O) groups is 2. The molecule has 29 heavy (non-hydrogen) atoms. The number of carbonyl (C=O) groups excluding carboxylic acids is 2. The molecule has 1 atom stereocenters. The molecule has 8 nitrogen and oxygen atoms in total. The lowest BCUT2D eigenvalue weighted by atomic mass is 10.2. The second-order valence-electron chi connectivity index (χ2n) is 6.33. The summed E-state index contributed by atoms with van der Waals surface area (Å²) in [5.74, 6) is -0.171. The van der Waals surface area contributed by atoms with Crippen LogP contribution in [-0.2, 0) is 16.1 Å². The number of halogens is 1. The fourth-order valence-electron chi connectivity index (χ4n) is 2.92. The van der Waals surface area contributed by atoms with Crippen LogP contribution in [0.5, 0.6) is 0 Å². The number of para-hydroxylation sites is 2. The highest BCUT2D eigenvalue weighted by Gasteiger charge is 2.28. The van der Waals surface area contributed by atoms with Crippen LogP contribution in [0, 0.1) is 0 Å². The Labute approximate surface area is 173 Å². The highest BCUT2D eigenvalue weighted by Crippen LogP contribution is 2.32. The van der Waals surface area contributed by atoms with Crippen LogP contribution in [0.25, 0.3) is 0 Å². The molecular weight excluding hydrogens is 394 g/mol. The van der Waals surface area contributed by atoms with E-state index in [9.17, 15) is 9.59 Å². The molecule has 1 aliphatic rings. The number of anilines is 1. The molecule has 152 valence electrons. The first-order valence-electron chi connectivity index (χ1n) is 9.06. The summed E-state index contributed by atoms with van der Waals surface area (Å²) in [6.45, 7) is 2.27. The van der Waals surface area contributed by atoms with Gasteiger partial charge in [0.1, 0.15) is 0 Å². The number of amides is 3. The Bertz CT molecular complexity index is 920. The van der Waals surface area contributed by atoms with Crippen LogP contribution in [0.4, 0.5) is 16.2 Å². The van der Waals surface area contributed by atoms with Gasteiger partial charge in [-0.2, -0.15) is 0 Å². The van der Waals surface area contributed by atoms with E-state index in [4.69, 9.17) is 22.1 Å². The largest absolute Gasteiger partial charge is 0.351 e. The van der Waals surface area contributed by atoms with Crippen LogP contribution in [0.3, 0.4) is 0 Å². The molecule has 0 saturated heterocycles. The number of benzene rings is 2. The summed E-state index contributed by atoms with van der Waals surface area (Å²) in [5, 5.41) is 2.06. The molecule has 0 fully saturated rings. The van der Waals surface area contributed by atoms with Gasteiger partial charge in [-0.15, -0.1) is 0 Å². The topological polar surface area (TPSA) is 100 Å². The van der Waals surface area contributed by atoms with Crippen molar-refractivity contribution in [1.82, 2.24) is 10.4 Å². The predicted octanol–water partition coefficient (Wildman–Crippen LogP) is 2.84. The van der Waals surface area contributed by atoms with Crippen molar-refractivity contribution in [3.05, 3.63) is 59.1 Å². The minimum Gasteiger partial charge on any atom is -0.351 e. The molecule has 9 heteroatoms. The zero-order valence-electron chi connectivity index (χ0n) is 15.9. The highest BCUT2D eigenvalue weighted by atomic mass is 35.5. The lowest BCUT2D eigenvalue weighted by Gasteiger charge is -2.32. The van der Waals surface area contributed by atoms with E-state index in [0.717, 1.165) is 5.56 Å². The van der Waals surface area contributed by atoms with E-state index in [0.29, 0.717) is 22.9 Å². The van der Waals surface area contributed by atoms with Crippen LogP contribution in [0.15, 0.2) is 53.5 Å². The number of fused-ring (bicyclic) bond motifs is 1. The SMILES string of the molecule is CC(=O)N(CCOC1C=Nc2ccccc2N1C(N)=O)NCc1ccccc1Cl. The summed E-state index contributed by atoms with van der Waals surface area (Å²) in [6, 6.07) is 13.9. The smallest absolute Gasteiger partial charge is 0.321 e. The fraction of sp³-hybridized carbons (Fsp3) is 0.250. The Balaban J connectivity index is 1.59. The molecule has 0 bridgehead atoms. The van der Waals surface area contributed by atoms with Crippen molar-refractivity contribution >= 4 is 41.1 Å². The third kappa shape index (κ3) is 5.11. The zero-order chi connectivity index (χ0) is 20.8. The van der Waals surface area contributed by atoms with E-state index in [1.165, 1.54) is 23.0 Å². The molecule has 1 heterocycles. The minimum absolute atomic E-state index is 0.164. The highest BCUT2D eigenvalue weighted by molar-refractivity contribution is 6.31. The number of rotatable bonds is 7. The predicted molar refractivity (Wildman–Crippen MR) is 112 cm³/mol. The molecule has 1 aliphatic heterocycles. The summed E-state index contributed by atoms with van der Waals surface area (Å²) in [5.41, 5.74) is 10.7. The lowest BCUT2D eigenvalue weighted by molar-refractivity contribution is -0.133. The van der Waals surface area contributed by atoms with E-state index in [1.807, 2.05) is 24.3 Å². The lowest BCUT2D eigenvalue weighted by Crippen LogP contribution is -2.49. The first-order chi connectivity index (χ1) is 14.0. The van der Waals surface area contributed by atoms with Gasteiger partial charge in [0.05, 0.1) is 30.7 Å². The van der Waals surface area contributed by atoms with Crippen LogP contribution in [-0.4, -0.2) is 42.5 Å². The van der Waals surface area contributed by atoms with Gasteiger partial charge in [0.2, 0.25) is 5.91 Å². The maximum atomic E-state index is 11.9. The van der Waals surface area contributed by atoms with Crippen LogP contribution in [0.2, 0.25) is 5.02 Å². The molecule has 0 saturated carbocycles. The van der Waals surface area contributed by atoms with Crippen molar-refractivity contribution in [1.29, 1.82) is 0 Å². The first-order valence-corrected chi connectivity index (χ1v) is 9.43. The molecule has 2 aromatic carbocycles. The minimum atomic E-state index is -0.750. The average Bonchev–Trinajstić information content (AvgIpc) is 2.70. The number of primary amides is 1. The van der Waals surface area contributed by atoms with Gasteiger partial charge in [0, 0.05) is 18.5 Å². The molecule has 3 N–H and O–H groups in total. The van der Waals surface area contributed by atoms with Crippen molar-refractivity contribution < 1.29 is 14.3 Å². The van der Waals surface area contributed by atoms with Crippen molar-refractivity contribution in [2.24, 2.45) is 10.7 Å². The van der Waals surface area contributed by atoms with Crippen molar-refractivity contribution in [2.75, 3.05) is 18.1 Å². The molecule has 2 aromatic rings. The molecule has 1 unspecified atom stereocenters. The first kappa shape index (κ1) is 20.8. The summed E-state index contributed by atoms with van der Waals surface area (Å²) >= 11 is 6.15. The average molecular weight is 416 g/mol. The summed E-state index contributed by atoms with van der Waals surface area (Å²) in [6.07, 6.45) is 0.766. The van der Waals surface area contributed by atoms with E-state index in [-0.39, 0.29) is 19.1 Å². The number of ether oxygens (including phenoxy) is 1. The van der Waals surface area contributed by atoms with Gasteiger partial charge in [0.15, 0.2) is 6.23 Å². The van der Waals surface area contributed by atoms with E-state index >= 15 is 0 Å². The zero-order valence-corrected chi connectivity index (χ0v) is 16.7. The maximum Gasteiger partial charge on any atom is 0.321 e. The van der Waals surface area contributed by atoms with E-state index in [1.54, 1.807) is 24.3 Å². The van der Waals surface area contributed by atoms with E-state index < -0.39 is 12.3 Å². The second-order valence-corrected chi connectivity index (χ2v) is 6.74. The monoisotopic (exact) mass is 415 g/mol. The third-order valence-electron chi connectivity index (χ3n) is 4.38. The van der Waals surface area contributed by atoms with Crippen LogP contribution in [0.1, 0.15) is 12.5 Å². The Kier molecular flexibility index (Phi) is 6.82. The Hall–Kier alpha value is -2.94. The number of nitrogens with two attached hydrogens (primary N) is 1. The van der Waals surface area contributed by atoms with Crippen LogP contribution >= 0.6 is 11.6 Å². The van der Waals surface area contributed by atoms with Gasteiger partial charge in [-0.1, -0.05) is 41.9 Å². The second kappa shape index (κ2) is 9.51. The quantitative estimate of drug-likeness (QED) is 0.679. The number of urea groups is 1. The number of hydrogen-bond acceptors (Lipinski definition) is 5. The van der Waals surface area contributed by atoms with Gasteiger partial charge < -0.3 is 10.5 Å². The van der Waals surface area contributed by atoms with Crippen molar-refractivity contribution in [3.63, 3.8) is 0 Å².